The summed E-state index contributed by atoms with van der Waals surface area (Å²) in [6.07, 6.45) is 5.85. The molecule has 2 aromatic carbocycles. The van der Waals surface area contributed by atoms with E-state index in [0.29, 0.717) is 72.8 Å². The Bertz CT molecular complexity index is 1760. The van der Waals surface area contributed by atoms with Crippen LogP contribution in [0, 0.1) is 29.6 Å². The first-order valence-electron chi connectivity index (χ1n) is 20.1. The van der Waals surface area contributed by atoms with Crippen molar-refractivity contribution in [1.29, 1.82) is 0 Å². The highest BCUT2D eigenvalue weighted by molar-refractivity contribution is 8.76. The lowest BCUT2D eigenvalue weighted by molar-refractivity contribution is -0.121. The Morgan fingerprint density at radius 3 is 2.61 bits per heavy atom. The number of carbonyl (C=O) groups is 1. The first kappa shape index (κ1) is 42.3. The molecule has 4 aliphatic rings. The summed E-state index contributed by atoms with van der Waals surface area (Å²) in [5.41, 5.74) is 10.0. The lowest BCUT2D eigenvalue weighted by atomic mass is 9.81. The second-order valence-electron chi connectivity index (χ2n) is 15.7. The van der Waals surface area contributed by atoms with Crippen LogP contribution in [0.2, 0.25) is 0 Å². The maximum Gasteiger partial charge on any atom is 0.201 e. The number of fused-ring (bicyclic) bond motifs is 5. The van der Waals surface area contributed by atoms with E-state index < -0.39 is 19.2 Å². The number of aliphatic hydroxyl groups excluding tert-OH is 3. The number of ketones is 1. The Morgan fingerprint density at radius 1 is 1.02 bits per heavy atom. The third-order valence-electron chi connectivity index (χ3n) is 11.4. The van der Waals surface area contributed by atoms with Gasteiger partial charge in [-0.25, -0.2) is 0 Å². The second-order valence-corrected chi connectivity index (χ2v) is 18.3. The largest absolute Gasteiger partial charge is 0.504 e. The molecule has 6 rings (SSSR count). The Labute approximate surface area is 338 Å². The Hall–Kier alpha value is -3.32. The average molecular weight is 811 g/mol. The number of hydrogen-bond donors (Lipinski definition) is 7. The van der Waals surface area contributed by atoms with Crippen LogP contribution in [0.1, 0.15) is 93.0 Å². The van der Waals surface area contributed by atoms with Crippen molar-refractivity contribution in [3.63, 3.8) is 0 Å². The molecule has 2 heterocycles. The van der Waals surface area contributed by atoms with Gasteiger partial charge in [-0.1, -0.05) is 78.7 Å². The number of Topliss-reactive ketones (excluding diaryl/α,β-unsaturated/α-hetero) is 1. The van der Waals surface area contributed by atoms with E-state index in [4.69, 9.17) is 24.9 Å². The highest BCUT2D eigenvalue weighted by atomic mass is 33.1. The summed E-state index contributed by atoms with van der Waals surface area (Å²) in [4.78, 5) is 17.8. The zero-order valence-corrected chi connectivity index (χ0v) is 34.2. The number of phenolic OH excluding ortho intramolecular Hbond substituents is 1. The molecule has 0 spiro atoms. The van der Waals surface area contributed by atoms with Gasteiger partial charge >= 0.3 is 0 Å². The van der Waals surface area contributed by atoms with Crippen molar-refractivity contribution >= 4 is 33.3 Å². The zero-order valence-electron chi connectivity index (χ0n) is 32.6. The van der Waals surface area contributed by atoms with Crippen LogP contribution >= 0.6 is 21.6 Å². The lowest BCUT2D eigenvalue weighted by Gasteiger charge is -2.37. The van der Waals surface area contributed by atoms with Gasteiger partial charge in [-0.05, 0) is 67.6 Å². The molecule has 0 aromatic heterocycles. The number of ether oxygens (including phenoxy) is 3. The van der Waals surface area contributed by atoms with E-state index >= 15 is 0 Å². The predicted molar refractivity (Wildman–Crippen MR) is 221 cm³/mol. The molecule has 0 unspecified atom stereocenters. The van der Waals surface area contributed by atoms with Crippen molar-refractivity contribution in [2.75, 3.05) is 31.6 Å². The number of nitrogens with zero attached hydrogens (tertiary/aromatic N) is 1. The third-order valence-corrected chi connectivity index (χ3v) is 13.9. The van der Waals surface area contributed by atoms with Crippen molar-refractivity contribution in [2.45, 2.75) is 115 Å². The molecule has 2 aromatic rings. The van der Waals surface area contributed by atoms with Crippen LogP contribution in [-0.4, -0.2) is 88.2 Å². The normalized spacial score (nSPS) is 25.4. The van der Waals surface area contributed by atoms with E-state index in [2.05, 4.69) is 42.4 Å². The van der Waals surface area contributed by atoms with Gasteiger partial charge in [-0.2, -0.15) is 0 Å². The monoisotopic (exact) mass is 810 g/mol. The highest BCUT2D eigenvalue weighted by Gasteiger charge is 2.38. The zero-order chi connectivity index (χ0) is 39.6. The van der Waals surface area contributed by atoms with Crippen LogP contribution < -0.4 is 30.6 Å². The molecule has 306 valence electrons. The summed E-state index contributed by atoms with van der Waals surface area (Å²) < 4.78 is 18.5. The van der Waals surface area contributed by atoms with Crippen LogP contribution in [0.3, 0.4) is 0 Å². The molecular formula is C42H58N4O8S2. The molecule has 0 saturated heterocycles. The maximum atomic E-state index is 13.1. The minimum absolute atomic E-state index is 0.00209. The van der Waals surface area contributed by atoms with Gasteiger partial charge in [0.2, 0.25) is 6.29 Å². The van der Waals surface area contributed by atoms with E-state index in [1.54, 1.807) is 27.7 Å². The van der Waals surface area contributed by atoms with Crippen LogP contribution in [0.4, 0.5) is 0 Å². The van der Waals surface area contributed by atoms with Crippen molar-refractivity contribution in [3.05, 3.63) is 46.0 Å². The fourth-order valence-corrected chi connectivity index (χ4v) is 10.9. The van der Waals surface area contributed by atoms with E-state index in [1.165, 1.54) is 25.3 Å². The number of aryl methyl sites for hydroxylation is 2. The van der Waals surface area contributed by atoms with E-state index in [1.807, 2.05) is 0 Å². The van der Waals surface area contributed by atoms with E-state index in [9.17, 15) is 25.2 Å². The molecule has 2 aliphatic heterocycles. The van der Waals surface area contributed by atoms with E-state index in [0.717, 1.165) is 41.0 Å². The number of aliphatic hydroxyl groups is 3. The Morgan fingerprint density at radius 2 is 1.82 bits per heavy atom. The average Bonchev–Trinajstić information content (AvgIpc) is 3.18. The van der Waals surface area contributed by atoms with Gasteiger partial charge in [-0.15, -0.1) is 0 Å². The van der Waals surface area contributed by atoms with Crippen LogP contribution in [0.5, 0.6) is 23.0 Å². The molecule has 1 saturated carbocycles. The van der Waals surface area contributed by atoms with Crippen LogP contribution in [-0.2, 0) is 30.5 Å². The summed E-state index contributed by atoms with van der Waals surface area (Å²) in [5, 5.41) is 50.1. The number of phenols is 1. The molecule has 12 nitrogen and oxygen atoms in total. The molecule has 0 amide bonds. The molecule has 14 heteroatoms. The van der Waals surface area contributed by atoms with Crippen molar-refractivity contribution < 1.29 is 39.4 Å². The molecule has 2 bridgehead atoms. The minimum Gasteiger partial charge on any atom is -0.504 e. The first-order chi connectivity index (χ1) is 27.1. The van der Waals surface area contributed by atoms with Gasteiger partial charge < -0.3 is 45.7 Å². The number of aromatic hydroxyl groups is 1. The summed E-state index contributed by atoms with van der Waals surface area (Å²) >= 11 is 0. The molecular weight excluding hydrogens is 753 g/mol. The quantitative estimate of drug-likeness (QED) is 0.112. The Kier molecular flexibility index (Phi) is 15.4. The minimum atomic E-state index is -1.14. The third kappa shape index (κ3) is 11.0. The molecule has 5 atom stereocenters. The highest BCUT2D eigenvalue weighted by Crippen LogP contribution is 2.46. The fraction of sp³-hybridized carbons (Fsp3) is 0.619. The van der Waals surface area contributed by atoms with Gasteiger partial charge in [0.1, 0.15) is 12.5 Å². The van der Waals surface area contributed by atoms with Gasteiger partial charge in [-0.3, -0.25) is 15.1 Å². The summed E-state index contributed by atoms with van der Waals surface area (Å²) in [6, 6.07) is 5.79. The molecule has 0 radical (unpaired) electrons. The molecule has 1 fully saturated rings. The molecule has 2 aliphatic carbocycles. The SMILES string of the molecule is CC(C)[C@@H]1CSSC[C@@H]([C@H]2Cc3c4cc(c(OCNC5CCCCC5)c3O[C@@H]2O)CC#Cc2c(ccc(O)c2OCO)CCC(=O)C[C@H](O)CC4)CN=C(N)N1. The van der Waals surface area contributed by atoms with Crippen molar-refractivity contribution in [1.82, 2.24) is 10.6 Å². The van der Waals surface area contributed by atoms with Crippen molar-refractivity contribution in [2.24, 2.45) is 28.5 Å². The van der Waals surface area contributed by atoms with Crippen LogP contribution in [0.25, 0.3) is 0 Å². The Balaban J connectivity index is 1.39. The second kappa shape index (κ2) is 20.4. The number of nitrogens with one attached hydrogen (secondary N) is 2. The van der Waals surface area contributed by atoms with Crippen LogP contribution in [0.15, 0.2) is 23.2 Å². The number of carbonyl (C=O) groups excluding carboxylic acids is 1. The fourth-order valence-electron chi connectivity index (χ4n) is 8.02. The number of nitrogens with two attached hydrogens (primary N) is 1. The van der Waals surface area contributed by atoms with Gasteiger partial charge in [0.25, 0.3) is 0 Å². The summed E-state index contributed by atoms with van der Waals surface area (Å²) in [5.74, 6) is 9.26. The van der Waals surface area contributed by atoms with Gasteiger partial charge in [0.05, 0.1) is 11.7 Å². The smallest absolute Gasteiger partial charge is 0.201 e. The maximum absolute atomic E-state index is 13.1. The van der Waals surface area contributed by atoms with Crippen molar-refractivity contribution in [3.8, 4) is 34.8 Å². The van der Waals surface area contributed by atoms with E-state index in [-0.39, 0.29) is 61.2 Å². The first-order valence-corrected chi connectivity index (χ1v) is 22.6. The number of benzene rings is 2. The number of aliphatic imine (C=N–C) groups is 1. The topological polar surface area (TPSA) is 188 Å². The number of hydrogen-bond acceptors (Lipinski definition) is 14. The number of guanidine groups is 1. The predicted octanol–water partition coefficient (Wildman–Crippen LogP) is 4.58. The molecule has 8 N–H and O–H groups in total. The van der Waals surface area contributed by atoms with Gasteiger partial charge in [0, 0.05) is 66.4 Å². The standard InChI is InChI=1S/C42H58N4O8S2/c1-25(2)36-22-56-55-21-29(20-44-42(43)46-36)35-19-34-27-12-15-32(49)18-31(48)14-11-26-13-16-37(50)39(53-24-47)33(26)10-6-7-28(17-27)38(40(34)54-41(35)51)52-23-45-30-8-4-3-5-9-30/h13,16-17,25,29-30,32,35-36,41,45,47,49-51H,3-5,7-9,11-12,14-15,18-24H2,1-2H3,(H3,43,44,46)/t29-,32+,35+,36-,41-/m0/s1. The van der Waals surface area contributed by atoms with Gasteiger partial charge in [0.15, 0.2) is 35.8 Å². The summed E-state index contributed by atoms with van der Waals surface area (Å²) in [7, 11) is 3.58. The lowest BCUT2D eigenvalue weighted by Crippen LogP contribution is -2.45. The molecule has 56 heavy (non-hydrogen) atoms. The summed E-state index contributed by atoms with van der Waals surface area (Å²) in [6.45, 7) is 4.35. The number of rotatable bonds is 8.